The van der Waals surface area contributed by atoms with Gasteiger partial charge in [0.25, 0.3) is 0 Å². The Bertz CT molecular complexity index is 383. The molecule has 1 fully saturated rings. The number of hydrogen-bond acceptors (Lipinski definition) is 4. The van der Waals surface area contributed by atoms with Crippen LogP contribution in [0.25, 0.3) is 0 Å². The van der Waals surface area contributed by atoms with Gasteiger partial charge in [-0.2, -0.15) is 0 Å². The molecule has 0 spiro atoms. The maximum absolute atomic E-state index is 5.87. The van der Waals surface area contributed by atoms with Gasteiger partial charge in [-0.05, 0) is 44.4 Å². The maximum atomic E-state index is 5.87. The van der Waals surface area contributed by atoms with Crippen molar-refractivity contribution >= 4 is 0 Å². The summed E-state index contributed by atoms with van der Waals surface area (Å²) in [6, 6.07) is 7.86. The highest BCUT2D eigenvalue weighted by Crippen LogP contribution is 2.21. The Morgan fingerprint density at radius 3 is 2.35 bits per heavy atom. The van der Waals surface area contributed by atoms with Crippen LogP contribution in [0.1, 0.15) is 32.3 Å². The average Bonchev–Trinajstić information content (AvgIpc) is 2.43. The van der Waals surface area contributed by atoms with E-state index in [4.69, 9.17) is 19.9 Å². The summed E-state index contributed by atoms with van der Waals surface area (Å²) in [5, 5.41) is 0. The van der Waals surface area contributed by atoms with Crippen molar-refractivity contribution in [2.45, 2.75) is 51.5 Å². The molecule has 1 aromatic rings. The molecule has 1 saturated heterocycles. The van der Waals surface area contributed by atoms with Gasteiger partial charge in [-0.25, -0.2) is 0 Å². The first-order valence-electron chi connectivity index (χ1n) is 7.36. The summed E-state index contributed by atoms with van der Waals surface area (Å²) in [6.07, 6.45) is 2.80. The third-order valence-electron chi connectivity index (χ3n) is 3.52. The fourth-order valence-electron chi connectivity index (χ4n) is 2.58. The van der Waals surface area contributed by atoms with E-state index in [1.54, 1.807) is 0 Å². The standard InChI is InChI=1S/C16H25NO3/c1-12-9-16(10-13(2)20-12)19-8-7-18-15-5-3-14(11-17)4-6-15/h3-6,12-13,16H,7-11,17H2,1-2H3. The van der Waals surface area contributed by atoms with Crippen molar-refractivity contribution in [2.75, 3.05) is 13.2 Å². The average molecular weight is 279 g/mol. The Labute approximate surface area is 121 Å². The maximum Gasteiger partial charge on any atom is 0.119 e. The monoisotopic (exact) mass is 279 g/mol. The summed E-state index contributed by atoms with van der Waals surface area (Å²) in [7, 11) is 0. The normalized spacial score (nSPS) is 26.4. The Balaban J connectivity index is 1.65. The van der Waals surface area contributed by atoms with Gasteiger partial charge in [0, 0.05) is 6.54 Å². The largest absolute Gasteiger partial charge is 0.491 e. The second-order valence-corrected chi connectivity index (χ2v) is 5.42. The summed E-state index contributed by atoms with van der Waals surface area (Å²) in [4.78, 5) is 0. The third kappa shape index (κ3) is 4.78. The molecule has 112 valence electrons. The topological polar surface area (TPSA) is 53.7 Å². The van der Waals surface area contributed by atoms with Crippen LogP contribution in [0.5, 0.6) is 5.75 Å². The molecule has 4 nitrogen and oxygen atoms in total. The SMILES string of the molecule is CC1CC(OCCOc2ccc(CN)cc2)CC(C)O1. The van der Waals surface area contributed by atoms with Crippen molar-refractivity contribution < 1.29 is 14.2 Å². The highest BCUT2D eigenvalue weighted by atomic mass is 16.5. The summed E-state index contributed by atoms with van der Waals surface area (Å²) in [5.41, 5.74) is 6.67. The predicted octanol–water partition coefficient (Wildman–Crippen LogP) is 2.50. The van der Waals surface area contributed by atoms with E-state index in [-0.39, 0.29) is 18.3 Å². The van der Waals surface area contributed by atoms with Crippen molar-refractivity contribution in [2.24, 2.45) is 5.73 Å². The van der Waals surface area contributed by atoms with Gasteiger partial charge in [0.1, 0.15) is 12.4 Å². The minimum atomic E-state index is 0.286. The number of hydrogen-bond donors (Lipinski definition) is 1. The van der Waals surface area contributed by atoms with E-state index in [1.807, 2.05) is 24.3 Å². The second-order valence-electron chi connectivity index (χ2n) is 5.42. The molecule has 1 aliphatic rings. The predicted molar refractivity (Wildman–Crippen MR) is 78.8 cm³/mol. The molecule has 20 heavy (non-hydrogen) atoms. The molecule has 2 N–H and O–H groups in total. The molecule has 0 aliphatic carbocycles. The Morgan fingerprint density at radius 1 is 1.10 bits per heavy atom. The minimum Gasteiger partial charge on any atom is -0.491 e. The zero-order valence-corrected chi connectivity index (χ0v) is 12.4. The molecule has 0 radical (unpaired) electrons. The molecule has 0 bridgehead atoms. The zero-order valence-electron chi connectivity index (χ0n) is 12.4. The van der Waals surface area contributed by atoms with Crippen molar-refractivity contribution in [3.05, 3.63) is 29.8 Å². The molecule has 0 amide bonds. The molecule has 2 unspecified atom stereocenters. The van der Waals surface area contributed by atoms with E-state index in [0.717, 1.165) is 24.2 Å². The molecule has 2 atom stereocenters. The molecular formula is C16H25NO3. The van der Waals surface area contributed by atoms with Crippen molar-refractivity contribution in [1.29, 1.82) is 0 Å². The molecule has 1 heterocycles. The lowest BCUT2D eigenvalue weighted by atomic mass is 10.0. The van der Waals surface area contributed by atoms with E-state index >= 15 is 0 Å². The van der Waals surface area contributed by atoms with Crippen LogP contribution in [0.4, 0.5) is 0 Å². The molecule has 0 aromatic heterocycles. The summed E-state index contributed by atoms with van der Waals surface area (Å²) in [6.45, 7) is 5.94. The third-order valence-corrected chi connectivity index (χ3v) is 3.52. The molecule has 4 heteroatoms. The van der Waals surface area contributed by atoms with Gasteiger partial charge >= 0.3 is 0 Å². The van der Waals surface area contributed by atoms with Crippen LogP contribution in [0.2, 0.25) is 0 Å². The van der Waals surface area contributed by atoms with Gasteiger partial charge in [-0.15, -0.1) is 0 Å². The van der Waals surface area contributed by atoms with Crippen LogP contribution in [0, 0.1) is 0 Å². The van der Waals surface area contributed by atoms with Gasteiger partial charge in [0.15, 0.2) is 0 Å². The quantitative estimate of drug-likeness (QED) is 0.813. The van der Waals surface area contributed by atoms with Gasteiger partial charge in [0.2, 0.25) is 0 Å². The van der Waals surface area contributed by atoms with Crippen LogP contribution in [-0.2, 0) is 16.0 Å². The van der Waals surface area contributed by atoms with Gasteiger partial charge in [-0.3, -0.25) is 0 Å². The summed E-state index contributed by atoms with van der Waals surface area (Å²) >= 11 is 0. The Hall–Kier alpha value is -1.10. The first kappa shape index (κ1) is 15.3. The fraction of sp³-hybridized carbons (Fsp3) is 0.625. The number of ether oxygens (including phenoxy) is 3. The van der Waals surface area contributed by atoms with E-state index in [1.165, 1.54) is 0 Å². The molecule has 1 aromatic carbocycles. The summed E-state index contributed by atoms with van der Waals surface area (Å²) in [5.74, 6) is 0.861. The molecular weight excluding hydrogens is 254 g/mol. The van der Waals surface area contributed by atoms with Crippen LogP contribution in [0.15, 0.2) is 24.3 Å². The molecule has 0 saturated carbocycles. The van der Waals surface area contributed by atoms with Crippen molar-refractivity contribution in [3.8, 4) is 5.75 Å². The lowest BCUT2D eigenvalue weighted by Crippen LogP contribution is -2.34. The van der Waals surface area contributed by atoms with Crippen LogP contribution in [0.3, 0.4) is 0 Å². The Morgan fingerprint density at radius 2 is 1.75 bits per heavy atom. The van der Waals surface area contributed by atoms with E-state index < -0.39 is 0 Å². The number of rotatable bonds is 6. The van der Waals surface area contributed by atoms with Crippen LogP contribution >= 0.6 is 0 Å². The summed E-state index contributed by atoms with van der Waals surface area (Å²) < 4.78 is 17.2. The highest BCUT2D eigenvalue weighted by Gasteiger charge is 2.24. The van der Waals surface area contributed by atoms with Gasteiger partial charge in [0.05, 0.1) is 24.9 Å². The van der Waals surface area contributed by atoms with Crippen molar-refractivity contribution in [3.63, 3.8) is 0 Å². The van der Waals surface area contributed by atoms with E-state index in [2.05, 4.69) is 13.8 Å². The second kappa shape index (κ2) is 7.62. The van der Waals surface area contributed by atoms with Crippen LogP contribution in [-0.4, -0.2) is 31.5 Å². The van der Waals surface area contributed by atoms with Gasteiger partial charge < -0.3 is 19.9 Å². The first-order chi connectivity index (χ1) is 9.67. The lowest BCUT2D eigenvalue weighted by molar-refractivity contribution is -0.104. The van der Waals surface area contributed by atoms with E-state index in [9.17, 15) is 0 Å². The number of benzene rings is 1. The minimum absolute atomic E-state index is 0.286. The van der Waals surface area contributed by atoms with Crippen LogP contribution < -0.4 is 10.5 Å². The highest BCUT2D eigenvalue weighted by molar-refractivity contribution is 5.26. The lowest BCUT2D eigenvalue weighted by Gasteiger charge is -2.31. The van der Waals surface area contributed by atoms with E-state index in [0.29, 0.717) is 19.8 Å². The Kier molecular flexibility index (Phi) is 5.83. The zero-order chi connectivity index (χ0) is 14.4. The fourth-order valence-corrected chi connectivity index (χ4v) is 2.58. The van der Waals surface area contributed by atoms with Crippen molar-refractivity contribution in [1.82, 2.24) is 0 Å². The molecule has 1 aliphatic heterocycles. The number of nitrogens with two attached hydrogens (primary N) is 1. The smallest absolute Gasteiger partial charge is 0.119 e. The van der Waals surface area contributed by atoms with Gasteiger partial charge in [-0.1, -0.05) is 12.1 Å². The first-order valence-corrected chi connectivity index (χ1v) is 7.36. The molecule has 2 rings (SSSR count).